The number of benzene rings is 3. The number of methoxy groups -OCH3 is 1. The molecule has 0 bridgehead atoms. The third-order valence-electron chi connectivity index (χ3n) is 5.40. The number of halogens is 3. The molecule has 7 nitrogen and oxygen atoms in total. The molecule has 0 unspecified atom stereocenters. The van der Waals surface area contributed by atoms with Crippen LogP contribution in [0.2, 0.25) is 0 Å². The molecule has 1 aromatic heterocycles. The maximum atomic E-state index is 14.4. The van der Waals surface area contributed by atoms with E-state index in [4.69, 9.17) is 4.74 Å². The Balaban J connectivity index is 1.76. The number of H-pyrrole nitrogens is 1. The largest absolute Gasteiger partial charge is 0.497 e. The Morgan fingerprint density at radius 3 is 2.54 bits per heavy atom. The predicted molar refractivity (Wildman–Crippen MR) is 136 cm³/mol. The zero-order chi connectivity index (χ0) is 25.1. The van der Waals surface area contributed by atoms with Crippen molar-refractivity contribution in [2.24, 2.45) is 0 Å². The second-order valence-electron chi connectivity index (χ2n) is 7.69. The Morgan fingerprint density at radius 1 is 1.14 bits per heavy atom. The fourth-order valence-corrected chi connectivity index (χ4v) is 4.14. The lowest BCUT2D eigenvalue weighted by molar-refractivity contribution is -0.119. The number of carbonyl (C=O) groups is 1. The molecule has 0 saturated heterocycles. The molecule has 1 amide bonds. The Kier molecular flexibility index (Phi) is 7.20. The standard InChI is InChI=1S/C25H20F2IN3O4/c1-35-18-8-5-15(6-9-18)22-24(33)31(25(34)30-22)21(12-14-3-2-4-16(26)11-14)23(32)29-20-10-7-17(28)13-19(20)27/h2-11,13,21,33H,12H2,1H3,(H,29,32)(H,30,34)/t21-/m0/s1. The normalized spacial score (nSPS) is 11.8. The summed E-state index contributed by atoms with van der Waals surface area (Å²) in [4.78, 5) is 28.8. The average molecular weight is 591 g/mol. The van der Waals surface area contributed by atoms with Crippen molar-refractivity contribution >= 4 is 34.2 Å². The van der Waals surface area contributed by atoms with Crippen molar-refractivity contribution in [3.63, 3.8) is 0 Å². The number of rotatable bonds is 7. The van der Waals surface area contributed by atoms with Gasteiger partial charge in [0, 0.05) is 15.6 Å². The van der Waals surface area contributed by atoms with E-state index in [1.807, 2.05) is 22.6 Å². The van der Waals surface area contributed by atoms with Crippen molar-refractivity contribution in [2.75, 3.05) is 12.4 Å². The average Bonchev–Trinajstić information content (AvgIpc) is 3.13. The number of amides is 1. The molecule has 35 heavy (non-hydrogen) atoms. The summed E-state index contributed by atoms with van der Waals surface area (Å²) in [7, 11) is 1.51. The van der Waals surface area contributed by atoms with Crippen LogP contribution in [-0.4, -0.2) is 27.7 Å². The van der Waals surface area contributed by atoms with Crippen molar-refractivity contribution in [3.8, 4) is 22.9 Å². The van der Waals surface area contributed by atoms with Gasteiger partial charge in [0.1, 0.15) is 29.1 Å². The van der Waals surface area contributed by atoms with Crippen LogP contribution in [0.4, 0.5) is 14.5 Å². The Labute approximate surface area is 212 Å². The maximum absolute atomic E-state index is 14.4. The summed E-state index contributed by atoms with van der Waals surface area (Å²) >= 11 is 1.94. The zero-order valence-corrected chi connectivity index (χ0v) is 20.5. The highest BCUT2D eigenvalue weighted by Crippen LogP contribution is 2.31. The van der Waals surface area contributed by atoms with E-state index in [0.717, 1.165) is 4.57 Å². The molecule has 4 rings (SSSR count). The van der Waals surface area contributed by atoms with Gasteiger partial charge in [0.2, 0.25) is 11.8 Å². The lowest BCUT2D eigenvalue weighted by Gasteiger charge is -2.19. The Morgan fingerprint density at radius 2 is 1.89 bits per heavy atom. The SMILES string of the molecule is COc1ccc(-c2[nH]c(=O)n([C@@H](Cc3cccc(F)c3)C(=O)Nc3ccc(I)cc3F)c2O)cc1. The highest BCUT2D eigenvalue weighted by molar-refractivity contribution is 14.1. The van der Waals surface area contributed by atoms with Crippen LogP contribution in [0.25, 0.3) is 11.3 Å². The van der Waals surface area contributed by atoms with Gasteiger partial charge in [-0.25, -0.2) is 18.1 Å². The highest BCUT2D eigenvalue weighted by atomic mass is 127. The van der Waals surface area contributed by atoms with Crippen LogP contribution in [0.15, 0.2) is 71.5 Å². The van der Waals surface area contributed by atoms with E-state index in [2.05, 4.69) is 10.3 Å². The quantitative estimate of drug-likeness (QED) is 0.268. The van der Waals surface area contributed by atoms with E-state index in [9.17, 15) is 23.5 Å². The summed E-state index contributed by atoms with van der Waals surface area (Å²) in [5.41, 5.74) is 0.140. The molecule has 4 aromatic rings. The van der Waals surface area contributed by atoms with Crippen LogP contribution < -0.4 is 15.7 Å². The first-order valence-electron chi connectivity index (χ1n) is 10.4. The fraction of sp³-hybridized carbons (Fsp3) is 0.120. The zero-order valence-electron chi connectivity index (χ0n) is 18.4. The summed E-state index contributed by atoms with van der Waals surface area (Å²) in [5.74, 6) is -1.83. The lowest BCUT2D eigenvalue weighted by Crippen LogP contribution is -2.33. The monoisotopic (exact) mass is 591 g/mol. The number of ether oxygens (including phenoxy) is 1. The van der Waals surface area contributed by atoms with Crippen molar-refractivity contribution < 1.29 is 23.4 Å². The number of aromatic nitrogens is 2. The molecule has 0 saturated carbocycles. The minimum atomic E-state index is -1.31. The summed E-state index contributed by atoms with van der Waals surface area (Å²) in [6, 6.07) is 15.1. The number of aromatic amines is 1. The van der Waals surface area contributed by atoms with Gasteiger partial charge in [0.15, 0.2) is 0 Å². The van der Waals surface area contributed by atoms with E-state index >= 15 is 0 Å². The topological polar surface area (TPSA) is 96.4 Å². The van der Waals surface area contributed by atoms with Gasteiger partial charge in [0.25, 0.3) is 0 Å². The summed E-state index contributed by atoms with van der Waals surface area (Å²) in [6.07, 6.45) is -0.136. The van der Waals surface area contributed by atoms with Crippen molar-refractivity contribution in [3.05, 3.63) is 98.0 Å². The first-order chi connectivity index (χ1) is 16.8. The van der Waals surface area contributed by atoms with Crippen LogP contribution in [0.5, 0.6) is 11.6 Å². The number of hydrogen-bond acceptors (Lipinski definition) is 4. The van der Waals surface area contributed by atoms with Crippen LogP contribution in [0.1, 0.15) is 11.6 Å². The lowest BCUT2D eigenvalue weighted by atomic mass is 10.0. The van der Waals surface area contributed by atoms with Crippen molar-refractivity contribution in [1.82, 2.24) is 9.55 Å². The first-order valence-corrected chi connectivity index (χ1v) is 11.5. The van der Waals surface area contributed by atoms with Gasteiger partial charge >= 0.3 is 5.69 Å². The summed E-state index contributed by atoms with van der Waals surface area (Å²) < 4.78 is 34.9. The number of imidazole rings is 1. The fourth-order valence-electron chi connectivity index (χ4n) is 3.68. The molecular formula is C25H20F2IN3O4. The van der Waals surface area contributed by atoms with Gasteiger partial charge in [-0.05, 0) is 82.8 Å². The summed E-state index contributed by atoms with van der Waals surface area (Å²) in [5, 5.41) is 13.4. The van der Waals surface area contributed by atoms with Crippen molar-refractivity contribution in [1.29, 1.82) is 0 Å². The summed E-state index contributed by atoms with van der Waals surface area (Å²) in [6.45, 7) is 0. The molecular weight excluding hydrogens is 571 g/mol. The number of anilines is 1. The molecule has 1 heterocycles. The van der Waals surface area contributed by atoms with E-state index in [1.165, 1.54) is 37.4 Å². The number of aromatic hydroxyl groups is 1. The number of nitrogens with one attached hydrogen (secondary N) is 2. The second-order valence-corrected chi connectivity index (χ2v) is 8.94. The second kappa shape index (κ2) is 10.3. The third-order valence-corrected chi connectivity index (χ3v) is 6.07. The van der Waals surface area contributed by atoms with E-state index in [0.29, 0.717) is 20.4 Å². The molecule has 0 aliphatic heterocycles. The van der Waals surface area contributed by atoms with Crippen LogP contribution in [-0.2, 0) is 11.2 Å². The van der Waals surface area contributed by atoms with Gasteiger partial charge in [0.05, 0.1) is 12.8 Å². The molecule has 0 fully saturated rings. The molecule has 10 heteroatoms. The molecule has 0 spiro atoms. The Bertz CT molecular complexity index is 1430. The molecule has 3 aromatic carbocycles. The number of hydrogen-bond donors (Lipinski definition) is 3. The molecule has 0 radical (unpaired) electrons. The van der Waals surface area contributed by atoms with Crippen molar-refractivity contribution in [2.45, 2.75) is 12.5 Å². The Hall–Kier alpha value is -3.67. The number of carbonyl (C=O) groups excluding carboxylic acids is 1. The van der Waals surface area contributed by atoms with E-state index < -0.39 is 35.2 Å². The van der Waals surface area contributed by atoms with Crippen LogP contribution in [0.3, 0.4) is 0 Å². The van der Waals surface area contributed by atoms with Crippen LogP contribution in [0, 0.1) is 15.2 Å². The van der Waals surface area contributed by atoms with Gasteiger partial charge < -0.3 is 20.1 Å². The van der Waals surface area contributed by atoms with Gasteiger partial charge in [-0.2, -0.15) is 0 Å². The van der Waals surface area contributed by atoms with E-state index in [-0.39, 0.29) is 17.8 Å². The number of nitrogens with zero attached hydrogens (tertiary/aromatic N) is 1. The first kappa shape index (κ1) is 24.5. The predicted octanol–water partition coefficient (Wildman–Crippen LogP) is 4.86. The molecule has 180 valence electrons. The van der Waals surface area contributed by atoms with Gasteiger partial charge in [-0.15, -0.1) is 0 Å². The smallest absolute Gasteiger partial charge is 0.329 e. The van der Waals surface area contributed by atoms with E-state index in [1.54, 1.807) is 36.4 Å². The van der Waals surface area contributed by atoms with Gasteiger partial charge in [-0.1, -0.05) is 12.1 Å². The third kappa shape index (κ3) is 5.37. The minimum absolute atomic E-state index is 0.0851. The highest BCUT2D eigenvalue weighted by Gasteiger charge is 2.29. The van der Waals surface area contributed by atoms with Gasteiger partial charge in [-0.3, -0.25) is 4.79 Å². The molecule has 3 N–H and O–H groups in total. The molecule has 0 aliphatic rings. The maximum Gasteiger partial charge on any atom is 0.329 e. The minimum Gasteiger partial charge on any atom is -0.497 e. The molecule has 0 aliphatic carbocycles. The van der Waals surface area contributed by atoms with Crippen LogP contribution >= 0.6 is 22.6 Å². The molecule has 1 atom stereocenters.